The molecule has 1 aromatic carbocycles. The maximum atomic E-state index is 13.1. The second kappa shape index (κ2) is 9.59. The van der Waals surface area contributed by atoms with Crippen molar-refractivity contribution < 1.29 is 9.59 Å². The molecule has 3 rings (SSSR count). The molecule has 1 aromatic rings. The Hall–Kier alpha value is -1.82. The lowest BCUT2D eigenvalue weighted by atomic mass is 10.1. The van der Waals surface area contributed by atoms with Crippen molar-refractivity contribution in [2.75, 3.05) is 11.9 Å². The predicted molar refractivity (Wildman–Crippen MR) is 117 cm³/mol. The number of carbonyl (C=O) groups is 2. The van der Waals surface area contributed by atoms with Crippen molar-refractivity contribution in [1.29, 1.82) is 0 Å². The fourth-order valence-electron chi connectivity index (χ4n) is 3.91. The van der Waals surface area contributed by atoms with Crippen LogP contribution in [0.15, 0.2) is 23.2 Å². The van der Waals surface area contributed by atoms with Crippen LogP contribution in [0.4, 0.5) is 5.69 Å². The van der Waals surface area contributed by atoms with Gasteiger partial charge in [-0.15, -0.1) is 0 Å². The lowest BCUT2D eigenvalue weighted by Gasteiger charge is -2.26. The molecule has 0 unspecified atom stereocenters. The topological polar surface area (TPSA) is 61.8 Å². The number of hydrogen-bond donors (Lipinski definition) is 1. The standard InChI is InChI=1S/C22H31N3O2S/c1-4-23-22-25(18-9-7-5-6-8-10-18)21(27)19(28-22)14-20(26)24-17-12-11-15(2)16(3)13-17/h11-13,18-19H,4-10,14H2,1-3H3,(H,24,26)/t19-/m0/s1. The average Bonchev–Trinajstić information content (AvgIpc) is 2.83. The quantitative estimate of drug-likeness (QED) is 0.729. The molecule has 0 radical (unpaired) electrons. The Morgan fingerprint density at radius 1 is 1.18 bits per heavy atom. The largest absolute Gasteiger partial charge is 0.326 e. The van der Waals surface area contributed by atoms with Gasteiger partial charge in [-0.2, -0.15) is 0 Å². The van der Waals surface area contributed by atoms with E-state index in [9.17, 15) is 9.59 Å². The van der Waals surface area contributed by atoms with Gasteiger partial charge in [-0.3, -0.25) is 19.5 Å². The van der Waals surface area contributed by atoms with Gasteiger partial charge in [-0.1, -0.05) is 43.5 Å². The number of rotatable bonds is 5. The molecule has 5 nitrogen and oxygen atoms in total. The van der Waals surface area contributed by atoms with Crippen LogP contribution in [-0.2, 0) is 9.59 Å². The highest BCUT2D eigenvalue weighted by Crippen LogP contribution is 2.35. The van der Waals surface area contributed by atoms with Crippen LogP contribution >= 0.6 is 11.8 Å². The Kier molecular flexibility index (Phi) is 7.16. The zero-order valence-electron chi connectivity index (χ0n) is 17.2. The summed E-state index contributed by atoms with van der Waals surface area (Å²) in [5.74, 6) is -0.0630. The number of aryl methyl sites for hydroxylation is 2. The van der Waals surface area contributed by atoms with E-state index in [1.807, 2.05) is 43.9 Å². The minimum absolute atomic E-state index is 0.0549. The Bertz CT molecular complexity index is 754. The summed E-state index contributed by atoms with van der Waals surface area (Å²) < 4.78 is 0. The van der Waals surface area contributed by atoms with E-state index >= 15 is 0 Å². The third-order valence-corrected chi connectivity index (χ3v) is 6.80. The number of aliphatic imine (C=N–C) groups is 1. The normalized spacial score (nSPS) is 22.5. The van der Waals surface area contributed by atoms with E-state index in [1.165, 1.54) is 30.2 Å². The van der Waals surface area contributed by atoms with Crippen molar-refractivity contribution >= 4 is 34.4 Å². The molecule has 1 aliphatic carbocycles. The van der Waals surface area contributed by atoms with E-state index in [2.05, 4.69) is 10.3 Å². The number of nitrogens with one attached hydrogen (secondary N) is 1. The lowest BCUT2D eigenvalue weighted by molar-refractivity contribution is -0.129. The Labute approximate surface area is 172 Å². The molecular weight excluding hydrogens is 370 g/mol. The summed E-state index contributed by atoms with van der Waals surface area (Å²) >= 11 is 1.46. The third-order valence-electron chi connectivity index (χ3n) is 5.61. The van der Waals surface area contributed by atoms with Crippen LogP contribution in [0.5, 0.6) is 0 Å². The molecule has 1 saturated heterocycles. The Morgan fingerprint density at radius 3 is 2.54 bits per heavy atom. The maximum absolute atomic E-state index is 13.1. The molecule has 1 heterocycles. The molecule has 28 heavy (non-hydrogen) atoms. The third kappa shape index (κ3) is 4.96. The van der Waals surface area contributed by atoms with E-state index in [0.717, 1.165) is 42.1 Å². The smallest absolute Gasteiger partial charge is 0.242 e. The first kappa shape index (κ1) is 20.9. The monoisotopic (exact) mass is 401 g/mol. The van der Waals surface area contributed by atoms with E-state index in [4.69, 9.17) is 0 Å². The number of benzene rings is 1. The molecule has 6 heteroatoms. The molecule has 152 valence electrons. The van der Waals surface area contributed by atoms with Crippen molar-refractivity contribution in [2.24, 2.45) is 4.99 Å². The van der Waals surface area contributed by atoms with Crippen molar-refractivity contribution in [3.63, 3.8) is 0 Å². The number of carbonyl (C=O) groups excluding carboxylic acids is 2. The summed E-state index contributed by atoms with van der Waals surface area (Å²) in [6, 6.07) is 6.12. The number of amidine groups is 1. The van der Waals surface area contributed by atoms with Gasteiger partial charge in [-0.25, -0.2) is 0 Å². The highest BCUT2D eigenvalue weighted by Gasteiger charge is 2.42. The van der Waals surface area contributed by atoms with Crippen LogP contribution in [0.2, 0.25) is 0 Å². The molecule has 2 amide bonds. The van der Waals surface area contributed by atoms with Gasteiger partial charge in [0.05, 0.1) is 0 Å². The van der Waals surface area contributed by atoms with Crippen LogP contribution in [0.1, 0.15) is 63.0 Å². The van der Waals surface area contributed by atoms with Crippen LogP contribution in [0, 0.1) is 13.8 Å². The Morgan fingerprint density at radius 2 is 1.89 bits per heavy atom. The zero-order chi connectivity index (χ0) is 20.1. The van der Waals surface area contributed by atoms with Crippen LogP contribution < -0.4 is 5.32 Å². The van der Waals surface area contributed by atoms with Crippen LogP contribution in [0.3, 0.4) is 0 Å². The van der Waals surface area contributed by atoms with Crippen LogP contribution in [0.25, 0.3) is 0 Å². The number of anilines is 1. The van der Waals surface area contributed by atoms with Gasteiger partial charge in [0.2, 0.25) is 11.8 Å². The minimum atomic E-state index is -0.375. The summed E-state index contributed by atoms with van der Waals surface area (Å²) in [6.45, 7) is 6.72. The minimum Gasteiger partial charge on any atom is -0.326 e. The lowest BCUT2D eigenvalue weighted by Crippen LogP contribution is -2.41. The van der Waals surface area contributed by atoms with Crippen LogP contribution in [-0.4, -0.2) is 39.7 Å². The second-order valence-corrected chi connectivity index (χ2v) is 8.94. The van der Waals surface area contributed by atoms with Gasteiger partial charge >= 0.3 is 0 Å². The summed E-state index contributed by atoms with van der Waals surface area (Å²) in [5.41, 5.74) is 3.12. The van der Waals surface area contributed by atoms with Gasteiger partial charge in [0.1, 0.15) is 5.25 Å². The van der Waals surface area contributed by atoms with Gasteiger partial charge in [0.15, 0.2) is 5.17 Å². The number of amides is 2. The van der Waals surface area contributed by atoms with E-state index in [-0.39, 0.29) is 29.5 Å². The maximum Gasteiger partial charge on any atom is 0.242 e. The molecule has 0 aromatic heterocycles. The fraction of sp³-hybridized carbons (Fsp3) is 0.591. The van der Waals surface area contributed by atoms with Crippen molar-refractivity contribution in [1.82, 2.24) is 4.90 Å². The molecule has 0 spiro atoms. The number of nitrogens with zero attached hydrogens (tertiary/aromatic N) is 2. The summed E-state index contributed by atoms with van der Waals surface area (Å²) in [5, 5.41) is 3.38. The highest BCUT2D eigenvalue weighted by molar-refractivity contribution is 8.15. The molecule has 1 atom stereocenters. The van der Waals surface area contributed by atoms with Gasteiger partial charge in [-0.05, 0) is 56.9 Å². The summed E-state index contributed by atoms with van der Waals surface area (Å²) in [4.78, 5) is 32.2. The molecular formula is C22H31N3O2S. The molecule has 1 saturated carbocycles. The summed E-state index contributed by atoms with van der Waals surface area (Å²) in [7, 11) is 0. The molecule has 2 aliphatic rings. The van der Waals surface area contributed by atoms with Gasteiger partial charge < -0.3 is 5.32 Å². The van der Waals surface area contributed by atoms with Gasteiger partial charge in [0, 0.05) is 24.7 Å². The number of thioether (sulfide) groups is 1. The van der Waals surface area contributed by atoms with E-state index in [1.54, 1.807) is 0 Å². The molecule has 1 N–H and O–H groups in total. The van der Waals surface area contributed by atoms with Crippen molar-refractivity contribution in [3.8, 4) is 0 Å². The van der Waals surface area contributed by atoms with Crippen molar-refractivity contribution in [3.05, 3.63) is 29.3 Å². The molecule has 0 bridgehead atoms. The first-order valence-corrected chi connectivity index (χ1v) is 11.3. The Balaban J connectivity index is 1.67. The van der Waals surface area contributed by atoms with Gasteiger partial charge in [0.25, 0.3) is 0 Å². The van der Waals surface area contributed by atoms with Crippen molar-refractivity contribution in [2.45, 2.75) is 77.0 Å². The fourth-order valence-corrected chi connectivity index (χ4v) is 5.17. The average molecular weight is 402 g/mol. The predicted octanol–water partition coefficient (Wildman–Crippen LogP) is 4.67. The first-order valence-electron chi connectivity index (χ1n) is 10.4. The number of hydrogen-bond acceptors (Lipinski definition) is 4. The second-order valence-electron chi connectivity index (χ2n) is 7.77. The SMILES string of the molecule is CCN=C1S[C@@H](CC(=O)Nc2ccc(C)c(C)c2)C(=O)N1C1CCCCCC1. The van der Waals surface area contributed by atoms with E-state index in [0.29, 0.717) is 6.54 Å². The zero-order valence-corrected chi connectivity index (χ0v) is 18.0. The summed E-state index contributed by atoms with van der Waals surface area (Å²) in [6.07, 6.45) is 7.07. The van der Waals surface area contributed by atoms with E-state index < -0.39 is 0 Å². The molecule has 1 aliphatic heterocycles. The first-order chi connectivity index (χ1) is 13.5. The highest BCUT2D eigenvalue weighted by atomic mass is 32.2. The molecule has 2 fully saturated rings.